The van der Waals surface area contributed by atoms with E-state index in [1.165, 1.54) is 6.21 Å². The molecule has 0 spiro atoms. The van der Waals surface area contributed by atoms with Gasteiger partial charge in [-0.05, 0) is 36.8 Å². The molecule has 1 amide bonds. The molecular formula is C16H13Cl3N2O2. The minimum absolute atomic E-state index is 0.164. The van der Waals surface area contributed by atoms with Gasteiger partial charge in [0.05, 0.1) is 16.3 Å². The predicted molar refractivity (Wildman–Crippen MR) is 93.9 cm³/mol. The van der Waals surface area contributed by atoms with Crippen molar-refractivity contribution in [2.45, 2.75) is 6.92 Å². The Morgan fingerprint density at radius 1 is 1.26 bits per heavy atom. The fourth-order valence-electron chi connectivity index (χ4n) is 1.74. The first kappa shape index (κ1) is 17.6. The molecule has 0 aliphatic heterocycles. The zero-order valence-corrected chi connectivity index (χ0v) is 14.4. The van der Waals surface area contributed by atoms with Crippen molar-refractivity contribution in [3.05, 3.63) is 62.6 Å². The monoisotopic (exact) mass is 370 g/mol. The summed E-state index contributed by atoms with van der Waals surface area (Å²) in [5.74, 6) is 0.195. The van der Waals surface area contributed by atoms with E-state index in [1.54, 1.807) is 36.4 Å². The molecule has 23 heavy (non-hydrogen) atoms. The van der Waals surface area contributed by atoms with Crippen molar-refractivity contribution in [1.29, 1.82) is 0 Å². The van der Waals surface area contributed by atoms with Gasteiger partial charge in [-0.1, -0.05) is 46.9 Å². The number of ether oxygens (including phenoxy) is 1. The lowest BCUT2D eigenvalue weighted by Crippen LogP contribution is -2.24. The van der Waals surface area contributed by atoms with Gasteiger partial charge in [-0.25, -0.2) is 5.43 Å². The number of nitrogens with zero attached hydrogens (tertiary/aromatic N) is 1. The molecular weight excluding hydrogens is 359 g/mol. The van der Waals surface area contributed by atoms with Crippen LogP contribution in [0.4, 0.5) is 0 Å². The standard InChI is InChI=1S/C16H13Cl3N2O2/c1-10-7-12(17)5-6-14(10)23-9-15(22)21-20-8-11-3-2-4-13(18)16(11)19/h2-8H,9H2,1H3,(H,21,22)/b20-8+. The number of nitrogens with one attached hydrogen (secondary N) is 1. The number of carbonyl (C=O) groups excluding carboxylic acids is 1. The van der Waals surface area contributed by atoms with Crippen LogP contribution < -0.4 is 10.2 Å². The summed E-state index contributed by atoms with van der Waals surface area (Å²) in [6.45, 7) is 1.68. The van der Waals surface area contributed by atoms with Crippen LogP contribution in [-0.2, 0) is 4.79 Å². The van der Waals surface area contributed by atoms with Crippen LogP contribution >= 0.6 is 34.8 Å². The predicted octanol–water partition coefficient (Wildman–Crippen LogP) is 4.48. The second kappa shape index (κ2) is 8.20. The molecule has 7 heteroatoms. The van der Waals surface area contributed by atoms with Gasteiger partial charge < -0.3 is 4.74 Å². The number of hydrogen-bond acceptors (Lipinski definition) is 3. The number of amides is 1. The quantitative estimate of drug-likeness (QED) is 0.622. The van der Waals surface area contributed by atoms with E-state index in [2.05, 4.69) is 10.5 Å². The van der Waals surface area contributed by atoms with E-state index < -0.39 is 5.91 Å². The Kier molecular flexibility index (Phi) is 6.28. The molecule has 0 atom stereocenters. The highest BCUT2D eigenvalue weighted by Gasteiger charge is 2.05. The minimum atomic E-state index is -0.395. The highest BCUT2D eigenvalue weighted by Crippen LogP contribution is 2.24. The summed E-state index contributed by atoms with van der Waals surface area (Å²) in [5, 5.41) is 5.23. The second-order valence-electron chi connectivity index (χ2n) is 4.63. The third-order valence-electron chi connectivity index (χ3n) is 2.87. The van der Waals surface area contributed by atoms with Crippen LogP contribution in [0.3, 0.4) is 0 Å². The summed E-state index contributed by atoms with van der Waals surface area (Å²) in [7, 11) is 0. The van der Waals surface area contributed by atoms with Gasteiger partial charge in [-0.2, -0.15) is 5.10 Å². The minimum Gasteiger partial charge on any atom is -0.483 e. The molecule has 0 saturated heterocycles. The van der Waals surface area contributed by atoms with E-state index in [0.29, 0.717) is 26.4 Å². The molecule has 0 heterocycles. The lowest BCUT2D eigenvalue weighted by Gasteiger charge is -2.08. The van der Waals surface area contributed by atoms with E-state index >= 15 is 0 Å². The van der Waals surface area contributed by atoms with E-state index in [1.807, 2.05) is 6.92 Å². The average molecular weight is 372 g/mol. The Morgan fingerprint density at radius 2 is 2.04 bits per heavy atom. The largest absolute Gasteiger partial charge is 0.483 e. The Morgan fingerprint density at radius 3 is 2.78 bits per heavy atom. The lowest BCUT2D eigenvalue weighted by molar-refractivity contribution is -0.123. The third kappa shape index (κ3) is 5.13. The van der Waals surface area contributed by atoms with Gasteiger partial charge in [0, 0.05) is 10.6 Å². The van der Waals surface area contributed by atoms with Crippen LogP contribution in [0.2, 0.25) is 15.1 Å². The fourth-order valence-corrected chi connectivity index (χ4v) is 2.33. The summed E-state index contributed by atoms with van der Waals surface area (Å²) in [6.07, 6.45) is 1.42. The Labute approximate surface area is 149 Å². The fraction of sp³-hybridized carbons (Fsp3) is 0.125. The maximum atomic E-state index is 11.7. The molecule has 0 radical (unpaired) electrons. The maximum absolute atomic E-state index is 11.7. The van der Waals surface area contributed by atoms with E-state index in [9.17, 15) is 4.79 Å². The molecule has 0 saturated carbocycles. The summed E-state index contributed by atoms with van der Waals surface area (Å²) < 4.78 is 5.41. The van der Waals surface area contributed by atoms with Crippen LogP contribution in [0.1, 0.15) is 11.1 Å². The van der Waals surface area contributed by atoms with Crippen molar-refractivity contribution in [2.75, 3.05) is 6.61 Å². The van der Waals surface area contributed by atoms with Crippen LogP contribution in [0, 0.1) is 6.92 Å². The van der Waals surface area contributed by atoms with Crippen molar-refractivity contribution >= 4 is 46.9 Å². The average Bonchev–Trinajstić information content (AvgIpc) is 2.50. The summed E-state index contributed by atoms with van der Waals surface area (Å²) in [5.41, 5.74) is 3.81. The molecule has 2 rings (SSSR count). The molecule has 0 fully saturated rings. The van der Waals surface area contributed by atoms with Crippen molar-refractivity contribution in [3.63, 3.8) is 0 Å². The number of carbonyl (C=O) groups is 1. The first-order valence-corrected chi connectivity index (χ1v) is 7.75. The van der Waals surface area contributed by atoms with Gasteiger partial charge in [0.25, 0.3) is 5.91 Å². The number of hydrazone groups is 1. The van der Waals surface area contributed by atoms with Gasteiger partial charge in [0.2, 0.25) is 0 Å². The topological polar surface area (TPSA) is 50.7 Å². The summed E-state index contributed by atoms with van der Waals surface area (Å²) >= 11 is 17.8. The highest BCUT2D eigenvalue weighted by molar-refractivity contribution is 6.43. The summed E-state index contributed by atoms with van der Waals surface area (Å²) in [6, 6.07) is 10.3. The molecule has 0 aromatic heterocycles. The first-order valence-electron chi connectivity index (χ1n) is 6.62. The Hall–Kier alpha value is -1.75. The molecule has 0 aliphatic carbocycles. The molecule has 0 unspecified atom stereocenters. The molecule has 2 aromatic rings. The molecule has 0 aliphatic rings. The number of hydrogen-bond donors (Lipinski definition) is 1. The highest BCUT2D eigenvalue weighted by atomic mass is 35.5. The summed E-state index contributed by atoms with van der Waals surface area (Å²) in [4.78, 5) is 11.7. The van der Waals surface area contributed by atoms with Crippen LogP contribution in [-0.4, -0.2) is 18.7 Å². The zero-order chi connectivity index (χ0) is 16.8. The molecule has 0 bridgehead atoms. The normalized spacial score (nSPS) is 10.8. The van der Waals surface area contributed by atoms with Crippen LogP contribution in [0.15, 0.2) is 41.5 Å². The van der Waals surface area contributed by atoms with Crippen molar-refractivity contribution < 1.29 is 9.53 Å². The van der Waals surface area contributed by atoms with Gasteiger partial charge in [0.15, 0.2) is 6.61 Å². The second-order valence-corrected chi connectivity index (χ2v) is 5.86. The van der Waals surface area contributed by atoms with Gasteiger partial charge >= 0.3 is 0 Å². The Balaban J connectivity index is 1.87. The number of halogens is 3. The lowest BCUT2D eigenvalue weighted by atomic mass is 10.2. The number of rotatable bonds is 5. The first-order chi connectivity index (χ1) is 11.0. The van der Waals surface area contributed by atoms with Gasteiger partial charge in [-0.3, -0.25) is 4.79 Å². The smallest absolute Gasteiger partial charge is 0.277 e. The molecule has 120 valence electrons. The van der Waals surface area contributed by atoms with E-state index in [0.717, 1.165) is 5.56 Å². The third-order valence-corrected chi connectivity index (χ3v) is 3.94. The van der Waals surface area contributed by atoms with Crippen LogP contribution in [0.5, 0.6) is 5.75 Å². The number of aryl methyl sites for hydroxylation is 1. The number of benzene rings is 2. The van der Waals surface area contributed by atoms with Gasteiger partial charge in [-0.15, -0.1) is 0 Å². The van der Waals surface area contributed by atoms with E-state index in [4.69, 9.17) is 39.5 Å². The van der Waals surface area contributed by atoms with Crippen molar-refractivity contribution in [3.8, 4) is 5.75 Å². The SMILES string of the molecule is Cc1cc(Cl)ccc1OCC(=O)N/N=C/c1cccc(Cl)c1Cl. The van der Waals surface area contributed by atoms with E-state index in [-0.39, 0.29) is 6.61 Å². The zero-order valence-electron chi connectivity index (χ0n) is 12.1. The van der Waals surface area contributed by atoms with Gasteiger partial charge in [0.1, 0.15) is 5.75 Å². The van der Waals surface area contributed by atoms with Crippen LogP contribution in [0.25, 0.3) is 0 Å². The maximum Gasteiger partial charge on any atom is 0.277 e. The van der Waals surface area contributed by atoms with Crippen molar-refractivity contribution in [1.82, 2.24) is 5.43 Å². The van der Waals surface area contributed by atoms with Crippen molar-refractivity contribution in [2.24, 2.45) is 5.10 Å². The molecule has 1 N–H and O–H groups in total. The molecule has 2 aromatic carbocycles. The Bertz CT molecular complexity index is 748. The molecule has 4 nitrogen and oxygen atoms in total.